The van der Waals surface area contributed by atoms with Gasteiger partial charge in [-0.25, -0.2) is 9.78 Å². The van der Waals surface area contributed by atoms with Crippen LogP contribution in [-0.4, -0.2) is 69.5 Å². The number of methoxy groups -OCH3 is 3. The molecule has 0 radical (unpaired) electrons. The molecular formula is C18H21MgN3O5S. The molecule has 0 amide bonds. The second-order valence-electron chi connectivity index (χ2n) is 5.70. The Kier molecular flexibility index (Phi) is 7.39. The fourth-order valence-corrected chi connectivity index (χ4v) is 3.74. The quantitative estimate of drug-likeness (QED) is 0.486. The summed E-state index contributed by atoms with van der Waals surface area (Å²) in [7, 11) is 2.86. The molecule has 0 aliphatic rings. The average Bonchev–Trinajstić information content (AvgIpc) is 3.09. The number of aromatic amines is 1. The molecule has 2 aromatic heterocycles. The molecule has 2 heterocycles. The van der Waals surface area contributed by atoms with Gasteiger partial charge in [0.05, 0.1) is 60.2 Å². The summed E-state index contributed by atoms with van der Waals surface area (Å²) in [5, 5.41) is 0.290. The molecule has 3 aromatic rings. The fraction of sp³-hybridized carbons (Fsp3) is 0.278. The third-order valence-electron chi connectivity index (χ3n) is 4.06. The number of benzene rings is 1. The summed E-state index contributed by atoms with van der Waals surface area (Å²) in [6.07, 6.45) is 1.57. The minimum atomic E-state index is -1.50. The normalized spacial score (nSPS) is 11.6. The van der Waals surface area contributed by atoms with Gasteiger partial charge in [0.15, 0.2) is 16.7 Å². The maximum absolute atomic E-state index is 12.8. The summed E-state index contributed by atoms with van der Waals surface area (Å²) in [5.41, 5.74) is 2.89. The summed E-state index contributed by atoms with van der Waals surface area (Å²) in [5.74, 6) is 0.615. The van der Waals surface area contributed by atoms with Crippen LogP contribution in [0.4, 0.5) is 0 Å². The van der Waals surface area contributed by atoms with Gasteiger partial charge in [-0.15, -0.1) is 0 Å². The summed E-state index contributed by atoms with van der Waals surface area (Å²) in [4.78, 5) is 23.5. The predicted molar refractivity (Wildman–Crippen MR) is 108 cm³/mol. The van der Waals surface area contributed by atoms with Crippen LogP contribution in [0.3, 0.4) is 0 Å². The standard InChI is InChI=1S/C18H19N3O5S.Mg.2H/c1-10-7-12-13(8-11(10)17(22)26-4)21-18(20-12)27(23)9-14-16(25-3)15(24-2)5-6-19-14;;;/h5-8H,9H2,1-4H3,(H,20,21);;;/q;+2;2*-1. The van der Waals surface area contributed by atoms with Crippen LogP contribution in [0.5, 0.6) is 11.5 Å². The van der Waals surface area contributed by atoms with E-state index >= 15 is 0 Å². The van der Waals surface area contributed by atoms with Crippen LogP contribution < -0.4 is 9.47 Å². The van der Waals surface area contributed by atoms with E-state index in [4.69, 9.17) is 14.2 Å². The van der Waals surface area contributed by atoms with E-state index in [0.717, 1.165) is 5.56 Å². The van der Waals surface area contributed by atoms with E-state index in [2.05, 4.69) is 15.0 Å². The van der Waals surface area contributed by atoms with Gasteiger partial charge in [-0.05, 0) is 24.6 Å². The summed E-state index contributed by atoms with van der Waals surface area (Å²) in [6.45, 7) is 1.80. The van der Waals surface area contributed by atoms with Gasteiger partial charge in [-0.2, -0.15) is 0 Å². The molecule has 0 bridgehead atoms. The number of aromatic nitrogens is 3. The number of rotatable bonds is 6. The van der Waals surface area contributed by atoms with Gasteiger partial charge in [-0.3, -0.25) is 9.19 Å². The first-order valence-electron chi connectivity index (χ1n) is 8.01. The zero-order valence-corrected chi connectivity index (χ0v) is 18.3. The molecule has 28 heavy (non-hydrogen) atoms. The number of esters is 1. The molecule has 1 unspecified atom stereocenters. The van der Waals surface area contributed by atoms with E-state index in [1.54, 1.807) is 31.3 Å². The Morgan fingerprint density at radius 2 is 2.00 bits per heavy atom. The van der Waals surface area contributed by atoms with Crippen molar-refractivity contribution in [3.63, 3.8) is 0 Å². The molecule has 1 N–H and O–H groups in total. The van der Waals surface area contributed by atoms with Crippen LogP contribution in [-0.2, 0) is 21.3 Å². The number of aryl methyl sites for hydroxylation is 1. The molecule has 3 rings (SSSR count). The maximum atomic E-state index is 12.8. The van der Waals surface area contributed by atoms with Crippen molar-refractivity contribution in [3.05, 3.63) is 41.2 Å². The van der Waals surface area contributed by atoms with E-state index in [-0.39, 0.29) is 36.8 Å². The minimum Gasteiger partial charge on any atom is -1.00 e. The first kappa shape index (κ1) is 22.1. The Hall–Kier alpha value is -2.17. The van der Waals surface area contributed by atoms with Crippen LogP contribution in [0.2, 0.25) is 0 Å². The first-order chi connectivity index (χ1) is 13.0. The van der Waals surface area contributed by atoms with Gasteiger partial charge >= 0.3 is 29.0 Å². The van der Waals surface area contributed by atoms with Crippen molar-refractivity contribution < 1.29 is 26.1 Å². The van der Waals surface area contributed by atoms with Gasteiger partial charge in [0, 0.05) is 12.3 Å². The van der Waals surface area contributed by atoms with Gasteiger partial charge in [-0.1, -0.05) is 0 Å². The second-order valence-corrected chi connectivity index (χ2v) is 7.07. The van der Waals surface area contributed by atoms with Crippen LogP contribution in [0.15, 0.2) is 29.6 Å². The van der Waals surface area contributed by atoms with Crippen molar-refractivity contribution in [2.45, 2.75) is 17.8 Å². The predicted octanol–water partition coefficient (Wildman–Crippen LogP) is 2.22. The molecule has 10 heteroatoms. The zero-order valence-electron chi connectivity index (χ0n) is 18.1. The molecule has 8 nitrogen and oxygen atoms in total. The fourth-order valence-electron chi connectivity index (χ4n) is 2.73. The van der Waals surface area contributed by atoms with Gasteiger partial charge in [0.2, 0.25) is 0 Å². The zero-order chi connectivity index (χ0) is 19.6. The average molecular weight is 416 g/mol. The number of pyridine rings is 1. The molecule has 1 aromatic carbocycles. The van der Waals surface area contributed by atoms with Crippen molar-refractivity contribution in [2.24, 2.45) is 0 Å². The Labute approximate surface area is 183 Å². The number of hydrogen-bond donors (Lipinski definition) is 1. The molecular weight excluding hydrogens is 395 g/mol. The number of nitrogens with one attached hydrogen (secondary N) is 1. The number of carbonyl (C=O) groups is 1. The van der Waals surface area contributed by atoms with Crippen LogP contribution >= 0.6 is 0 Å². The molecule has 0 saturated carbocycles. The van der Waals surface area contributed by atoms with Crippen molar-refractivity contribution in [3.8, 4) is 11.5 Å². The number of carbonyl (C=O) groups excluding carboxylic acids is 1. The van der Waals surface area contributed by atoms with Crippen molar-refractivity contribution in [1.82, 2.24) is 15.0 Å². The SMILES string of the molecule is COC(=O)c1cc2nc(S(=O)Cc3nccc(OC)c3OC)[nH]c2cc1C.[H-].[H-].[Mg+2]. The summed E-state index contributed by atoms with van der Waals surface area (Å²) in [6, 6.07) is 5.07. The Morgan fingerprint density at radius 1 is 1.25 bits per heavy atom. The molecule has 0 fully saturated rings. The number of nitrogens with zero attached hydrogens (tertiary/aromatic N) is 2. The molecule has 1 atom stereocenters. The largest absolute Gasteiger partial charge is 2.00 e. The number of imidazole rings is 1. The van der Waals surface area contributed by atoms with Crippen LogP contribution in [0, 0.1) is 6.92 Å². The maximum Gasteiger partial charge on any atom is 2.00 e. The molecule has 0 saturated heterocycles. The number of fused-ring (bicyclic) bond motifs is 1. The van der Waals surface area contributed by atoms with Gasteiger partial charge in [0.1, 0.15) is 0 Å². The van der Waals surface area contributed by atoms with E-state index in [0.29, 0.717) is 33.8 Å². The van der Waals surface area contributed by atoms with E-state index < -0.39 is 16.8 Å². The van der Waals surface area contributed by atoms with Crippen molar-refractivity contribution >= 4 is 50.9 Å². The second kappa shape index (κ2) is 9.35. The van der Waals surface area contributed by atoms with E-state index in [9.17, 15) is 9.00 Å². The van der Waals surface area contributed by atoms with E-state index in [1.807, 2.05) is 0 Å². The van der Waals surface area contributed by atoms with Gasteiger partial charge < -0.3 is 22.0 Å². The Balaban J connectivity index is 0.00000280. The summed E-state index contributed by atoms with van der Waals surface area (Å²) < 4.78 is 28.1. The monoisotopic (exact) mass is 415 g/mol. The number of hydrogen-bond acceptors (Lipinski definition) is 7. The van der Waals surface area contributed by atoms with Crippen LogP contribution in [0.25, 0.3) is 11.0 Å². The van der Waals surface area contributed by atoms with E-state index in [1.165, 1.54) is 21.3 Å². The number of H-pyrrole nitrogens is 1. The third kappa shape index (κ3) is 4.28. The molecule has 0 aliphatic carbocycles. The van der Waals surface area contributed by atoms with Gasteiger partial charge in [0.25, 0.3) is 0 Å². The Bertz CT molecular complexity index is 1050. The topological polar surface area (TPSA) is 103 Å². The van der Waals surface area contributed by atoms with Crippen molar-refractivity contribution in [2.75, 3.05) is 21.3 Å². The molecule has 0 aliphatic heterocycles. The van der Waals surface area contributed by atoms with Crippen molar-refractivity contribution in [1.29, 1.82) is 0 Å². The molecule has 146 valence electrons. The van der Waals surface area contributed by atoms with Crippen LogP contribution in [0.1, 0.15) is 24.5 Å². The molecule has 0 spiro atoms. The smallest absolute Gasteiger partial charge is 1.00 e. The summed E-state index contributed by atoms with van der Waals surface area (Å²) >= 11 is 0. The first-order valence-corrected chi connectivity index (χ1v) is 9.33. The minimum absolute atomic E-state index is 0. The number of ether oxygens (including phenoxy) is 3. The third-order valence-corrected chi connectivity index (χ3v) is 5.22. The Morgan fingerprint density at radius 3 is 2.64 bits per heavy atom.